The fourth-order valence-electron chi connectivity index (χ4n) is 2.90. The van der Waals surface area contributed by atoms with Gasteiger partial charge in [0, 0.05) is 16.1 Å². The maximum absolute atomic E-state index is 12.9. The number of aryl methyl sites for hydroxylation is 1. The molecule has 0 saturated heterocycles. The summed E-state index contributed by atoms with van der Waals surface area (Å²) >= 11 is 13.4. The molecule has 0 aliphatic carbocycles. The molecule has 3 aromatic heterocycles. The highest BCUT2D eigenvalue weighted by Crippen LogP contribution is 2.28. The summed E-state index contributed by atoms with van der Waals surface area (Å²) in [5.74, 6) is 0.0351. The van der Waals surface area contributed by atoms with Gasteiger partial charge in [-0.15, -0.1) is 11.3 Å². The number of benzene rings is 1. The molecule has 0 bridgehead atoms. The SMILES string of the molecule is Cc1cc(NC(=O)c2ccco2)sc1C(=O)Nc1ccnn1Cc1ccc(Cl)cc1Cl. The van der Waals surface area contributed by atoms with Crippen LogP contribution in [-0.2, 0) is 6.54 Å². The Labute approximate surface area is 191 Å². The molecule has 1 aromatic carbocycles. The first-order chi connectivity index (χ1) is 14.9. The van der Waals surface area contributed by atoms with E-state index in [-0.39, 0.29) is 17.6 Å². The molecule has 0 aliphatic rings. The highest BCUT2D eigenvalue weighted by molar-refractivity contribution is 7.18. The van der Waals surface area contributed by atoms with E-state index in [1.165, 1.54) is 17.6 Å². The van der Waals surface area contributed by atoms with Gasteiger partial charge in [-0.25, -0.2) is 4.68 Å². The van der Waals surface area contributed by atoms with Crippen LogP contribution in [0.3, 0.4) is 0 Å². The third kappa shape index (κ3) is 4.82. The van der Waals surface area contributed by atoms with Crippen LogP contribution in [0.1, 0.15) is 31.4 Å². The van der Waals surface area contributed by atoms with Crippen molar-refractivity contribution < 1.29 is 14.0 Å². The summed E-state index contributed by atoms with van der Waals surface area (Å²) in [6.07, 6.45) is 3.02. The minimum absolute atomic E-state index is 0.196. The number of carbonyl (C=O) groups excluding carboxylic acids is 2. The molecule has 0 spiro atoms. The van der Waals surface area contributed by atoms with Crippen molar-refractivity contribution in [1.29, 1.82) is 0 Å². The van der Waals surface area contributed by atoms with Gasteiger partial charge in [0.2, 0.25) is 0 Å². The number of nitrogens with one attached hydrogen (secondary N) is 2. The van der Waals surface area contributed by atoms with Crippen LogP contribution in [0, 0.1) is 6.92 Å². The highest BCUT2D eigenvalue weighted by Gasteiger charge is 2.18. The Hall–Kier alpha value is -3.07. The maximum atomic E-state index is 12.9. The van der Waals surface area contributed by atoms with Crippen LogP contribution in [0.15, 0.2) is 59.3 Å². The third-order valence-corrected chi connectivity index (χ3v) is 6.14. The lowest BCUT2D eigenvalue weighted by Gasteiger charge is -2.10. The highest BCUT2D eigenvalue weighted by atomic mass is 35.5. The van der Waals surface area contributed by atoms with E-state index >= 15 is 0 Å². The quantitative estimate of drug-likeness (QED) is 0.374. The number of hydrogen-bond donors (Lipinski definition) is 2. The number of aromatic nitrogens is 2. The summed E-state index contributed by atoms with van der Waals surface area (Å²) in [4.78, 5) is 25.5. The lowest BCUT2D eigenvalue weighted by atomic mass is 10.2. The second-order valence-corrected chi connectivity index (χ2v) is 8.51. The standard InChI is InChI=1S/C21H16Cl2N4O3S/c1-12-9-18(26-20(28)16-3-2-8-30-16)31-19(12)21(29)25-17-6-7-24-27(17)11-13-4-5-14(22)10-15(13)23/h2-10H,11H2,1H3,(H,25,29)(H,26,28). The van der Waals surface area contributed by atoms with Gasteiger partial charge in [-0.1, -0.05) is 29.3 Å². The van der Waals surface area contributed by atoms with E-state index in [4.69, 9.17) is 27.6 Å². The molecule has 158 valence electrons. The van der Waals surface area contributed by atoms with E-state index in [1.807, 2.05) is 6.07 Å². The molecule has 2 amide bonds. The molecule has 0 fully saturated rings. The predicted molar refractivity (Wildman–Crippen MR) is 121 cm³/mol. The normalized spacial score (nSPS) is 10.8. The molecule has 0 radical (unpaired) electrons. The number of halogens is 2. The molecular weight excluding hydrogens is 459 g/mol. The minimum atomic E-state index is -0.379. The number of hydrogen-bond acceptors (Lipinski definition) is 5. The average Bonchev–Trinajstić information content (AvgIpc) is 3.46. The molecule has 3 heterocycles. The van der Waals surface area contributed by atoms with Crippen LogP contribution in [0.25, 0.3) is 0 Å². The molecule has 0 atom stereocenters. The maximum Gasteiger partial charge on any atom is 0.291 e. The monoisotopic (exact) mass is 474 g/mol. The fourth-order valence-corrected chi connectivity index (χ4v) is 4.33. The van der Waals surface area contributed by atoms with Crippen molar-refractivity contribution in [3.05, 3.63) is 86.7 Å². The summed E-state index contributed by atoms with van der Waals surface area (Å²) < 4.78 is 6.72. The number of rotatable bonds is 6. The molecule has 31 heavy (non-hydrogen) atoms. The molecule has 0 saturated carbocycles. The molecule has 10 heteroatoms. The van der Waals surface area contributed by atoms with Crippen LogP contribution in [0.2, 0.25) is 10.0 Å². The van der Waals surface area contributed by atoms with Crippen LogP contribution in [0.5, 0.6) is 0 Å². The number of thiophene rings is 1. The summed E-state index contributed by atoms with van der Waals surface area (Å²) in [5.41, 5.74) is 1.56. The zero-order valence-electron chi connectivity index (χ0n) is 16.2. The first-order valence-electron chi connectivity index (χ1n) is 9.13. The van der Waals surface area contributed by atoms with Crippen molar-refractivity contribution in [2.75, 3.05) is 10.6 Å². The van der Waals surface area contributed by atoms with Crippen molar-refractivity contribution in [1.82, 2.24) is 9.78 Å². The topological polar surface area (TPSA) is 89.2 Å². The Morgan fingerprint density at radius 1 is 1.13 bits per heavy atom. The first-order valence-corrected chi connectivity index (χ1v) is 10.7. The predicted octanol–water partition coefficient (Wildman–Crippen LogP) is 5.71. The van der Waals surface area contributed by atoms with Crippen LogP contribution < -0.4 is 10.6 Å². The van der Waals surface area contributed by atoms with Gasteiger partial charge in [-0.3, -0.25) is 9.59 Å². The van der Waals surface area contributed by atoms with E-state index in [1.54, 1.807) is 54.2 Å². The third-order valence-electron chi connectivity index (χ3n) is 4.40. The Kier molecular flexibility index (Phi) is 6.13. The average molecular weight is 475 g/mol. The zero-order valence-corrected chi connectivity index (χ0v) is 18.5. The Balaban J connectivity index is 1.47. The van der Waals surface area contributed by atoms with E-state index in [2.05, 4.69) is 15.7 Å². The van der Waals surface area contributed by atoms with Gasteiger partial charge in [0.15, 0.2) is 5.76 Å². The van der Waals surface area contributed by atoms with Gasteiger partial charge >= 0.3 is 0 Å². The lowest BCUT2D eigenvalue weighted by molar-refractivity contribution is 0.0995. The van der Waals surface area contributed by atoms with Gasteiger partial charge in [0.05, 0.1) is 28.9 Å². The summed E-state index contributed by atoms with van der Waals surface area (Å²) in [5, 5.41) is 11.5. The van der Waals surface area contributed by atoms with Crippen molar-refractivity contribution in [3.63, 3.8) is 0 Å². The Morgan fingerprint density at radius 3 is 2.71 bits per heavy atom. The van der Waals surface area contributed by atoms with Crippen molar-refractivity contribution in [3.8, 4) is 0 Å². The lowest BCUT2D eigenvalue weighted by Crippen LogP contribution is -2.16. The summed E-state index contributed by atoms with van der Waals surface area (Å²) in [6, 6.07) is 11.9. The molecular formula is C21H16Cl2N4O3S. The van der Waals surface area contributed by atoms with Gasteiger partial charge in [0.25, 0.3) is 11.8 Å². The van der Waals surface area contributed by atoms with Crippen molar-refractivity contribution >= 4 is 57.2 Å². The van der Waals surface area contributed by atoms with Gasteiger partial charge in [0.1, 0.15) is 5.82 Å². The molecule has 4 aromatic rings. The minimum Gasteiger partial charge on any atom is -0.459 e. The number of amides is 2. The largest absolute Gasteiger partial charge is 0.459 e. The van der Waals surface area contributed by atoms with E-state index < -0.39 is 0 Å². The van der Waals surface area contributed by atoms with Gasteiger partial charge in [-0.05, 0) is 48.4 Å². The molecule has 0 unspecified atom stereocenters. The Morgan fingerprint density at radius 2 is 1.97 bits per heavy atom. The van der Waals surface area contributed by atoms with E-state index in [0.29, 0.717) is 32.3 Å². The number of furan rings is 1. The summed E-state index contributed by atoms with van der Waals surface area (Å²) in [7, 11) is 0. The number of anilines is 2. The van der Waals surface area contributed by atoms with Gasteiger partial charge in [-0.2, -0.15) is 5.10 Å². The van der Waals surface area contributed by atoms with Crippen LogP contribution >= 0.6 is 34.5 Å². The molecule has 7 nitrogen and oxygen atoms in total. The molecule has 0 aliphatic heterocycles. The number of carbonyl (C=O) groups is 2. The van der Waals surface area contributed by atoms with E-state index in [0.717, 1.165) is 11.1 Å². The second-order valence-electron chi connectivity index (χ2n) is 6.62. The van der Waals surface area contributed by atoms with Crippen molar-refractivity contribution in [2.24, 2.45) is 0 Å². The van der Waals surface area contributed by atoms with E-state index in [9.17, 15) is 9.59 Å². The van der Waals surface area contributed by atoms with Gasteiger partial charge < -0.3 is 15.1 Å². The van der Waals surface area contributed by atoms with Crippen molar-refractivity contribution in [2.45, 2.75) is 13.5 Å². The fraction of sp³-hybridized carbons (Fsp3) is 0.0952. The molecule has 2 N–H and O–H groups in total. The van der Waals surface area contributed by atoms with Crippen LogP contribution in [0.4, 0.5) is 10.8 Å². The second kappa shape index (κ2) is 8.97. The smallest absolute Gasteiger partial charge is 0.291 e. The molecule has 4 rings (SSSR count). The zero-order chi connectivity index (χ0) is 22.0. The Bertz CT molecular complexity index is 1250. The van der Waals surface area contributed by atoms with Crippen LogP contribution in [-0.4, -0.2) is 21.6 Å². The number of nitrogens with zero attached hydrogens (tertiary/aromatic N) is 2. The summed E-state index contributed by atoms with van der Waals surface area (Å²) in [6.45, 7) is 2.17. The first kappa shape index (κ1) is 21.2.